The number of phenolic OH excluding ortho intramolecular Hbond substituents is 1. The second kappa shape index (κ2) is 5.61. The number of halogens is 1. The number of nitrogens with zero attached hydrogens (tertiary/aromatic N) is 3. The summed E-state index contributed by atoms with van der Waals surface area (Å²) in [5.41, 5.74) is 0.337. The summed E-state index contributed by atoms with van der Waals surface area (Å²) in [5, 5.41) is 20.7. The summed E-state index contributed by atoms with van der Waals surface area (Å²) in [6, 6.07) is 2.41. The Morgan fingerprint density at radius 3 is 2.81 bits per heavy atom. The van der Waals surface area contributed by atoms with Crippen molar-refractivity contribution in [3.05, 3.63) is 29.2 Å². The van der Waals surface area contributed by atoms with Gasteiger partial charge in [-0.05, 0) is 23.8 Å². The number of amidine groups is 1. The Morgan fingerprint density at radius 2 is 2.19 bits per heavy atom. The molecule has 1 aromatic rings. The van der Waals surface area contributed by atoms with Gasteiger partial charge in [0.05, 0.1) is 7.11 Å². The molecule has 0 atom stereocenters. The van der Waals surface area contributed by atoms with E-state index in [0.29, 0.717) is 5.56 Å². The molecule has 1 aliphatic heterocycles. The van der Waals surface area contributed by atoms with E-state index >= 15 is 0 Å². The fourth-order valence-corrected chi connectivity index (χ4v) is 1.77. The molecule has 0 unspecified atom stereocenters. The summed E-state index contributed by atoms with van der Waals surface area (Å²) in [5.74, 6) is -1.81. The van der Waals surface area contributed by atoms with Gasteiger partial charge in [-0.3, -0.25) is 9.69 Å². The Hall–Kier alpha value is -2.90. The van der Waals surface area contributed by atoms with E-state index in [1.807, 2.05) is 0 Å². The second-order valence-corrected chi connectivity index (χ2v) is 4.16. The van der Waals surface area contributed by atoms with Crippen LogP contribution in [-0.2, 0) is 4.79 Å². The van der Waals surface area contributed by atoms with Crippen molar-refractivity contribution in [2.75, 3.05) is 14.2 Å². The molecule has 0 saturated heterocycles. The number of aliphatic imine (C=N–C) groups is 1. The Bertz CT molecular complexity index is 682. The molecule has 0 bridgehead atoms. The summed E-state index contributed by atoms with van der Waals surface area (Å²) < 4.78 is 18.4. The van der Waals surface area contributed by atoms with Crippen LogP contribution in [0.2, 0.25) is 0 Å². The lowest BCUT2D eigenvalue weighted by Crippen LogP contribution is -2.28. The largest absolute Gasteiger partial charge is 0.502 e. The third-order valence-corrected chi connectivity index (χ3v) is 2.85. The minimum absolute atomic E-state index is 0.0412. The number of aromatic hydroxyl groups is 1. The third-order valence-electron chi connectivity index (χ3n) is 2.85. The van der Waals surface area contributed by atoms with E-state index in [1.165, 1.54) is 31.2 Å². The first kappa shape index (κ1) is 14.5. The highest BCUT2D eigenvalue weighted by atomic mass is 19.1. The molecule has 7 nitrogen and oxygen atoms in total. The predicted octanol–water partition coefficient (Wildman–Crippen LogP) is 1.21. The van der Waals surface area contributed by atoms with Crippen molar-refractivity contribution in [1.29, 1.82) is 0 Å². The van der Waals surface area contributed by atoms with E-state index in [4.69, 9.17) is 9.94 Å². The Balaban J connectivity index is 2.45. The normalized spacial score (nSPS) is 16.9. The van der Waals surface area contributed by atoms with Gasteiger partial charge in [0.2, 0.25) is 0 Å². The van der Waals surface area contributed by atoms with Crippen LogP contribution in [0.25, 0.3) is 6.08 Å². The number of carbonyl (C=O) groups is 1. The van der Waals surface area contributed by atoms with Crippen molar-refractivity contribution in [2.24, 2.45) is 10.1 Å². The van der Waals surface area contributed by atoms with E-state index in [-0.39, 0.29) is 17.3 Å². The van der Waals surface area contributed by atoms with Crippen LogP contribution in [0, 0.1) is 5.82 Å². The number of carbonyl (C=O) groups excluding carboxylic acids is 1. The van der Waals surface area contributed by atoms with E-state index in [2.05, 4.69) is 10.1 Å². The maximum atomic E-state index is 13.5. The number of phenols is 1. The van der Waals surface area contributed by atoms with Crippen LogP contribution >= 0.6 is 0 Å². The van der Waals surface area contributed by atoms with Gasteiger partial charge in [-0.1, -0.05) is 5.16 Å². The first-order chi connectivity index (χ1) is 9.97. The van der Waals surface area contributed by atoms with Crippen LogP contribution in [0.15, 0.2) is 28.0 Å². The van der Waals surface area contributed by atoms with Gasteiger partial charge in [0.15, 0.2) is 23.2 Å². The molecular weight excluding hydrogens is 281 g/mol. The molecule has 1 heterocycles. The van der Waals surface area contributed by atoms with Crippen LogP contribution in [0.5, 0.6) is 11.5 Å². The topological polar surface area (TPSA) is 94.7 Å². The number of rotatable bonds is 3. The van der Waals surface area contributed by atoms with Gasteiger partial charge >= 0.3 is 0 Å². The molecule has 0 saturated carbocycles. The highest BCUT2D eigenvalue weighted by Gasteiger charge is 2.26. The molecule has 0 aromatic heterocycles. The lowest BCUT2D eigenvalue weighted by molar-refractivity contribution is -0.121. The van der Waals surface area contributed by atoms with Gasteiger partial charge in [-0.2, -0.15) is 0 Å². The summed E-state index contributed by atoms with van der Waals surface area (Å²) in [4.78, 5) is 17.1. The van der Waals surface area contributed by atoms with Gasteiger partial charge in [0.25, 0.3) is 5.91 Å². The number of benzene rings is 1. The summed E-state index contributed by atoms with van der Waals surface area (Å²) in [7, 11) is 2.75. The SMILES string of the molecule is COc1cc(C=C2N=C(C=NO)N(C)C2=O)cc(F)c1O. The molecule has 21 heavy (non-hydrogen) atoms. The van der Waals surface area contributed by atoms with E-state index in [0.717, 1.165) is 12.3 Å². The molecule has 0 spiro atoms. The van der Waals surface area contributed by atoms with E-state index in [9.17, 15) is 14.3 Å². The zero-order chi connectivity index (χ0) is 15.6. The maximum absolute atomic E-state index is 13.5. The average Bonchev–Trinajstić information content (AvgIpc) is 2.71. The summed E-state index contributed by atoms with van der Waals surface area (Å²) >= 11 is 0. The molecule has 0 fully saturated rings. The minimum atomic E-state index is -0.874. The number of hydrogen-bond donors (Lipinski definition) is 2. The maximum Gasteiger partial charge on any atom is 0.277 e. The third kappa shape index (κ3) is 2.69. The number of likely N-dealkylation sites (N-methyl/N-ethyl adjacent to an activating group) is 1. The highest BCUT2D eigenvalue weighted by molar-refractivity contribution is 6.37. The van der Waals surface area contributed by atoms with Crippen molar-refractivity contribution in [2.45, 2.75) is 0 Å². The zero-order valence-corrected chi connectivity index (χ0v) is 11.2. The molecule has 8 heteroatoms. The molecule has 1 aromatic carbocycles. The Morgan fingerprint density at radius 1 is 1.48 bits per heavy atom. The average molecular weight is 293 g/mol. The van der Waals surface area contributed by atoms with E-state index in [1.54, 1.807) is 0 Å². The first-order valence-corrected chi connectivity index (χ1v) is 5.80. The second-order valence-electron chi connectivity index (χ2n) is 4.16. The molecular formula is C13H12FN3O4. The molecule has 1 amide bonds. The number of hydrogen-bond acceptors (Lipinski definition) is 6. The van der Waals surface area contributed by atoms with E-state index < -0.39 is 17.5 Å². The van der Waals surface area contributed by atoms with Crippen LogP contribution in [0.1, 0.15) is 5.56 Å². The molecule has 110 valence electrons. The molecule has 0 radical (unpaired) electrons. The fraction of sp³-hybridized carbons (Fsp3) is 0.154. The van der Waals surface area contributed by atoms with Crippen molar-refractivity contribution in [3.8, 4) is 11.5 Å². The fourth-order valence-electron chi connectivity index (χ4n) is 1.77. The van der Waals surface area contributed by atoms with Gasteiger partial charge in [0.1, 0.15) is 11.9 Å². The monoisotopic (exact) mass is 293 g/mol. The Labute approximate surface area is 119 Å². The van der Waals surface area contributed by atoms with Crippen molar-refractivity contribution in [1.82, 2.24) is 4.90 Å². The van der Waals surface area contributed by atoms with Crippen molar-refractivity contribution in [3.63, 3.8) is 0 Å². The standard InChI is InChI=1S/C13H12FN3O4/c1-17-11(6-15-20)16-9(13(17)19)4-7-3-8(14)12(18)10(5-7)21-2/h3-6,18,20H,1-2H3. The van der Waals surface area contributed by atoms with Crippen LogP contribution < -0.4 is 4.74 Å². The van der Waals surface area contributed by atoms with Gasteiger partial charge in [-0.15, -0.1) is 0 Å². The summed E-state index contributed by atoms with van der Waals surface area (Å²) in [6.07, 6.45) is 2.35. The van der Waals surface area contributed by atoms with Gasteiger partial charge < -0.3 is 15.1 Å². The lowest BCUT2D eigenvalue weighted by atomic mass is 10.1. The van der Waals surface area contributed by atoms with Crippen LogP contribution in [0.3, 0.4) is 0 Å². The van der Waals surface area contributed by atoms with Gasteiger partial charge in [0, 0.05) is 7.05 Å². The van der Waals surface area contributed by atoms with Crippen LogP contribution in [-0.4, -0.2) is 47.3 Å². The van der Waals surface area contributed by atoms with Crippen LogP contribution in [0.4, 0.5) is 4.39 Å². The first-order valence-electron chi connectivity index (χ1n) is 5.80. The molecule has 2 N–H and O–H groups in total. The van der Waals surface area contributed by atoms with Crippen molar-refractivity contribution < 1.29 is 24.2 Å². The Kier molecular flexibility index (Phi) is 3.88. The number of ether oxygens (including phenoxy) is 1. The summed E-state index contributed by atoms with van der Waals surface area (Å²) in [6.45, 7) is 0. The number of methoxy groups -OCH3 is 1. The van der Waals surface area contributed by atoms with Crippen molar-refractivity contribution >= 4 is 24.0 Å². The highest BCUT2D eigenvalue weighted by Crippen LogP contribution is 2.31. The predicted molar refractivity (Wildman–Crippen MR) is 73.1 cm³/mol. The number of oxime groups is 1. The quantitative estimate of drug-likeness (QED) is 0.379. The van der Waals surface area contributed by atoms with Gasteiger partial charge in [-0.25, -0.2) is 9.38 Å². The smallest absolute Gasteiger partial charge is 0.277 e. The number of amides is 1. The minimum Gasteiger partial charge on any atom is -0.502 e. The molecule has 0 aliphatic carbocycles. The zero-order valence-electron chi connectivity index (χ0n) is 11.2. The molecule has 1 aliphatic rings. The molecule has 2 rings (SSSR count). The lowest BCUT2D eigenvalue weighted by Gasteiger charge is -2.07.